The van der Waals surface area contributed by atoms with Crippen molar-refractivity contribution in [2.45, 2.75) is 0 Å². The van der Waals surface area contributed by atoms with Crippen LogP contribution in [0.3, 0.4) is 0 Å². The number of para-hydroxylation sites is 1. The van der Waals surface area contributed by atoms with Gasteiger partial charge in [0.05, 0.1) is 0 Å². The minimum absolute atomic E-state index is 0.140. The Kier molecular flexibility index (Phi) is 4.65. The summed E-state index contributed by atoms with van der Waals surface area (Å²) >= 11 is 0. The average molecular weight is 300 g/mol. The highest BCUT2D eigenvalue weighted by Crippen LogP contribution is 2.19. The van der Waals surface area contributed by atoms with Gasteiger partial charge in [-0.1, -0.05) is 78.9 Å². The molecule has 3 aromatic rings. The molecule has 0 bridgehead atoms. The van der Waals surface area contributed by atoms with Crippen LogP contribution in [0.25, 0.3) is 6.08 Å². The molecular formula is C21H16O2. The van der Waals surface area contributed by atoms with Crippen LogP contribution in [0.5, 0.6) is 5.75 Å². The molecule has 0 N–H and O–H groups in total. The second kappa shape index (κ2) is 7.23. The largest absolute Gasteiger partial charge is 0.453 e. The molecule has 0 fully saturated rings. The average Bonchev–Trinajstić information content (AvgIpc) is 2.63. The summed E-state index contributed by atoms with van der Waals surface area (Å²) in [5.41, 5.74) is 1.52. The summed E-state index contributed by atoms with van der Waals surface area (Å²) in [4.78, 5) is 12.8. The Labute approximate surface area is 135 Å². The molecule has 0 heterocycles. The molecule has 0 unspecified atom stereocenters. The summed E-state index contributed by atoms with van der Waals surface area (Å²) in [6, 6.07) is 28.1. The van der Waals surface area contributed by atoms with Crippen molar-refractivity contribution < 1.29 is 9.53 Å². The third-order valence-corrected chi connectivity index (χ3v) is 3.33. The van der Waals surface area contributed by atoms with E-state index in [2.05, 4.69) is 0 Å². The van der Waals surface area contributed by atoms with E-state index in [4.69, 9.17) is 4.74 Å². The number of ether oxygens (including phenoxy) is 1. The Morgan fingerprint density at radius 1 is 0.696 bits per heavy atom. The second-order valence-electron chi connectivity index (χ2n) is 5.03. The van der Waals surface area contributed by atoms with Crippen LogP contribution in [-0.4, -0.2) is 5.78 Å². The van der Waals surface area contributed by atoms with Crippen LogP contribution in [-0.2, 0) is 0 Å². The highest BCUT2D eigenvalue weighted by Gasteiger charge is 2.14. The number of rotatable bonds is 5. The molecule has 0 saturated heterocycles. The minimum atomic E-state index is -0.140. The summed E-state index contributed by atoms with van der Waals surface area (Å²) in [5.74, 6) is 0.797. The number of benzene rings is 3. The maximum absolute atomic E-state index is 12.8. The van der Waals surface area contributed by atoms with E-state index in [9.17, 15) is 4.79 Å². The van der Waals surface area contributed by atoms with Crippen LogP contribution in [0.1, 0.15) is 15.9 Å². The van der Waals surface area contributed by atoms with Crippen molar-refractivity contribution in [3.05, 3.63) is 108 Å². The number of carbonyl (C=O) groups excluding carboxylic acids is 1. The van der Waals surface area contributed by atoms with Crippen LogP contribution >= 0.6 is 0 Å². The van der Waals surface area contributed by atoms with Gasteiger partial charge in [-0.25, -0.2) is 0 Å². The predicted molar refractivity (Wildman–Crippen MR) is 92.3 cm³/mol. The smallest absolute Gasteiger partial charge is 0.228 e. The van der Waals surface area contributed by atoms with E-state index in [0.29, 0.717) is 17.1 Å². The van der Waals surface area contributed by atoms with Gasteiger partial charge >= 0.3 is 0 Å². The molecule has 0 amide bonds. The molecule has 0 radical (unpaired) electrons. The summed E-state index contributed by atoms with van der Waals surface area (Å²) < 4.78 is 5.85. The Morgan fingerprint density at radius 2 is 1.22 bits per heavy atom. The Hall–Kier alpha value is -3.13. The van der Waals surface area contributed by atoms with Gasteiger partial charge in [-0.3, -0.25) is 4.79 Å². The quantitative estimate of drug-likeness (QED) is 0.377. The Bertz CT molecular complexity index is 791. The third kappa shape index (κ3) is 3.95. The molecule has 112 valence electrons. The fourth-order valence-electron chi connectivity index (χ4n) is 2.19. The second-order valence-corrected chi connectivity index (χ2v) is 5.03. The van der Waals surface area contributed by atoms with Gasteiger partial charge in [0.25, 0.3) is 0 Å². The van der Waals surface area contributed by atoms with Gasteiger partial charge in [-0.05, 0) is 23.8 Å². The zero-order valence-corrected chi connectivity index (χ0v) is 12.6. The van der Waals surface area contributed by atoms with Gasteiger partial charge in [0, 0.05) is 5.56 Å². The van der Waals surface area contributed by atoms with E-state index in [1.165, 1.54) is 0 Å². The number of carbonyl (C=O) groups is 1. The van der Waals surface area contributed by atoms with E-state index in [-0.39, 0.29) is 5.78 Å². The fourth-order valence-corrected chi connectivity index (χ4v) is 2.19. The molecule has 0 atom stereocenters. The standard InChI is InChI=1S/C21H16O2/c22-21(18-12-6-2-7-13-18)20(16-17-10-4-1-5-11-17)23-19-14-8-3-9-15-19/h1-16H/b20-16+. The van der Waals surface area contributed by atoms with E-state index < -0.39 is 0 Å². The maximum Gasteiger partial charge on any atom is 0.228 e. The first kappa shape index (κ1) is 14.8. The van der Waals surface area contributed by atoms with Gasteiger partial charge in [0.15, 0.2) is 5.76 Å². The monoisotopic (exact) mass is 300 g/mol. The van der Waals surface area contributed by atoms with Gasteiger partial charge in [0.1, 0.15) is 5.75 Å². The molecule has 0 aliphatic heterocycles. The third-order valence-electron chi connectivity index (χ3n) is 3.33. The first-order chi connectivity index (χ1) is 11.3. The maximum atomic E-state index is 12.8. The van der Waals surface area contributed by atoms with Crippen molar-refractivity contribution in [3.8, 4) is 5.75 Å². The van der Waals surface area contributed by atoms with E-state index in [1.807, 2.05) is 78.9 Å². The zero-order chi connectivity index (χ0) is 15.9. The molecule has 0 spiro atoms. The molecule has 3 rings (SSSR count). The van der Waals surface area contributed by atoms with Gasteiger partial charge in [-0.2, -0.15) is 0 Å². The van der Waals surface area contributed by atoms with Crippen LogP contribution in [0, 0.1) is 0 Å². The van der Waals surface area contributed by atoms with E-state index in [1.54, 1.807) is 18.2 Å². The first-order valence-corrected chi connectivity index (χ1v) is 7.42. The molecule has 23 heavy (non-hydrogen) atoms. The fraction of sp³-hybridized carbons (Fsp3) is 0. The zero-order valence-electron chi connectivity index (χ0n) is 12.6. The highest BCUT2D eigenvalue weighted by atomic mass is 16.5. The van der Waals surface area contributed by atoms with Gasteiger partial charge in [-0.15, -0.1) is 0 Å². The number of Topliss-reactive ketones (excluding diaryl/α,β-unsaturated/α-hetero) is 1. The lowest BCUT2D eigenvalue weighted by Crippen LogP contribution is -2.09. The van der Waals surface area contributed by atoms with Crippen LogP contribution in [0.4, 0.5) is 0 Å². The van der Waals surface area contributed by atoms with Gasteiger partial charge in [0.2, 0.25) is 5.78 Å². The number of hydrogen-bond donors (Lipinski definition) is 0. The molecule has 0 aliphatic rings. The lowest BCUT2D eigenvalue weighted by molar-refractivity contribution is 0.0988. The van der Waals surface area contributed by atoms with Crippen molar-refractivity contribution in [2.75, 3.05) is 0 Å². The van der Waals surface area contributed by atoms with Crippen LogP contribution in [0.2, 0.25) is 0 Å². The lowest BCUT2D eigenvalue weighted by Gasteiger charge is -2.10. The SMILES string of the molecule is O=C(/C(=C\c1ccccc1)Oc1ccccc1)c1ccccc1. The van der Waals surface area contributed by atoms with Gasteiger partial charge < -0.3 is 4.74 Å². The van der Waals surface area contributed by atoms with Crippen LogP contribution < -0.4 is 4.74 Å². The van der Waals surface area contributed by atoms with Crippen molar-refractivity contribution in [1.29, 1.82) is 0 Å². The topological polar surface area (TPSA) is 26.3 Å². The van der Waals surface area contributed by atoms with Crippen molar-refractivity contribution in [3.63, 3.8) is 0 Å². The summed E-state index contributed by atoms with van der Waals surface area (Å²) in [6.07, 6.45) is 1.77. The molecule has 0 aliphatic carbocycles. The lowest BCUT2D eigenvalue weighted by atomic mass is 10.1. The Balaban J connectivity index is 1.96. The Morgan fingerprint density at radius 3 is 1.83 bits per heavy atom. The number of ketones is 1. The van der Waals surface area contributed by atoms with Crippen molar-refractivity contribution >= 4 is 11.9 Å². The summed E-state index contributed by atoms with van der Waals surface area (Å²) in [6.45, 7) is 0. The highest BCUT2D eigenvalue weighted by molar-refractivity contribution is 6.10. The van der Waals surface area contributed by atoms with Crippen molar-refractivity contribution in [1.82, 2.24) is 0 Å². The number of allylic oxidation sites excluding steroid dienone is 1. The first-order valence-electron chi connectivity index (χ1n) is 7.42. The molecule has 3 aromatic carbocycles. The van der Waals surface area contributed by atoms with Crippen LogP contribution in [0.15, 0.2) is 96.8 Å². The molecule has 2 nitrogen and oxygen atoms in total. The molecular weight excluding hydrogens is 284 g/mol. The molecule has 0 saturated carbocycles. The van der Waals surface area contributed by atoms with E-state index in [0.717, 1.165) is 5.56 Å². The summed E-state index contributed by atoms with van der Waals surface area (Å²) in [7, 11) is 0. The molecule has 2 heteroatoms. The predicted octanol–water partition coefficient (Wildman–Crippen LogP) is 4.99. The number of hydrogen-bond acceptors (Lipinski definition) is 2. The van der Waals surface area contributed by atoms with E-state index >= 15 is 0 Å². The minimum Gasteiger partial charge on any atom is -0.453 e. The normalized spacial score (nSPS) is 11.0. The molecule has 0 aromatic heterocycles. The van der Waals surface area contributed by atoms with Crippen molar-refractivity contribution in [2.24, 2.45) is 0 Å². The summed E-state index contributed by atoms with van der Waals surface area (Å²) in [5, 5.41) is 0.